The van der Waals surface area contributed by atoms with Crippen LogP contribution in [0.5, 0.6) is 0 Å². The number of nitrogens with one attached hydrogen (secondary N) is 1. The van der Waals surface area contributed by atoms with E-state index in [1.165, 1.54) is 0 Å². The first-order valence-corrected chi connectivity index (χ1v) is 6.91. The second-order valence-corrected chi connectivity index (χ2v) is 5.14. The van der Waals surface area contributed by atoms with Gasteiger partial charge in [-0.3, -0.25) is 4.79 Å². The van der Waals surface area contributed by atoms with E-state index in [1.54, 1.807) is 10.9 Å². The fraction of sp³-hybridized carbons (Fsp3) is 0.400. The van der Waals surface area contributed by atoms with E-state index in [-0.39, 0.29) is 18.4 Å². The average Bonchev–Trinajstić information content (AvgIpc) is 2.85. The molecule has 1 aromatic carbocycles. The fourth-order valence-electron chi connectivity index (χ4n) is 2.22. The summed E-state index contributed by atoms with van der Waals surface area (Å²) in [6.45, 7) is 1.84. The summed E-state index contributed by atoms with van der Waals surface area (Å²) in [6, 6.07) is 9.38. The van der Waals surface area contributed by atoms with Gasteiger partial charge >= 0.3 is 0 Å². The minimum absolute atomic E-state index is 0.0666. The summed E-state index contributed by atoms with van der Waals surface area (Å²) in [7, 11) is 1.82. The monoisotopic (exact) mass is 288 g/mol. The third-order valence-corrected chi connectivity index (χ3v) is 3.25. The van der Waals surface area contributed by atoms with Crippen molar-refractivity contribution in [1.29, 1.82) is 0 Å². The molecule has 112 valence electrons. The number of aryl methyl sites for hydroxylation is 1. The number of hydrogen-bond donors (Lipinski definition) is 2. The molecular weight excluding hydrogens is 268 g/mol. The molecule has 0 saturated carbocycles. The topological polar surface area (TPSA) is 80.0 Å². The van der Waals surface area contributed by atoms with Gasteiger partial charge < -0.3 is 15.0 Å². The number of benzene rings is 1. The van der Waals surface area contributed by atoms with Crippen LogP contribution >= 0.6 is 0 Å². The Bertz CT molecular complexity index is 582. The Morgan fingerprint density at radius 2 is 2.10 bits per heavy atom. The van der Waals surface area contributed by atoms with Crippen LogP contribution in [0.15, 0.2) is 36.7 Å². The van der Waals surface area contributed by atoms with E-state index in [9.17, 15) is 9.90 Å². The Morgan fingerprint density at radius 3 is 2.71 bits per heavy atom. The zero-order valence-electron chi connectivity index (χ0n) is 12.2. The minimum atomic E-state index is -0.695. The molecule has 0 bridgehead atoms. The van der Waals surface area contributed by atoms with Crippen molar-refractivity contribution in [2.45, 2.75) is 31.9 Å². The van der Waals surface area contributed by atoms with Gasteiger partial charge in [-0.25, -0.2) is 0 Å². The highest BCUT2D eigenvalue weighted by molar-refractivity contribution is 5.76. The maximum atomic E-state index is 11.9. The molecule has 2 atom stereocenters. The molecule has 6 heteroatoms. The van der Waals surface area contributed by atoms with Crippen LogP contribution in [0, 0.1) is 0 Å². The first kappa shape index (κ1) is 15.2. The van der Waals surface area contributed by atoms with E-state index in [1.807, 2.05) is 44.3 Å². The van der Waals surface area contributed by atoms with E-state index in [2.05, 4.69) is 15.5 Å². The molecule has 0 radical (unpaired) electrons. The Labute approximate surface area is 123 Å². The molecule has 0 spiro atoms. The number of aliphatic hydroxyl groups is 1. The van der Waals surface area contributed by atoms with E-state index >= 15 is 0 Å². The molecule has 0 unspecified atom stereocenters. The Morgan fingerprint density at radius 1 is 1.38 bits per heavy atom. The molecule has 1 aromatic heterocycles. The molecule has 2 rings (SSSR count). The highest BCUT2D eigenvalue weighted by atomic mass is 16.3. The number of nitrogens with zero attached hydrogens (tertiary/aromatic N) is 3. The molecule has 0 aliphatic rings. The first-order valence-electron chi connectivity index (χ1n) is 6.91. The Hall–Kier alpha value is -2.21. The summed E-state index contributed by atoms with van der Waals surface area (Å²) in [6.07, 6.45) is 1.42. The van der Waals surface area contributed by atoms with Crippen LogP contribution in [-0.4, -0.2) is 31.9 Å². The van der Waals surface area contributed by atoms with Gasteiger partial charge in [0.2, 0.25) is 5.91 Å². The van der Waals surface area contributed by atoms with Crippen LogP contribution in [0.1, 0.15) is 30.8 Å². The van der Waals surface area contributed by atoms with Gasteiger partial charge in [0.05, 0.1) is 18.6 Å². The van der Waals surface area contributed by atoms with Crippen molar-refractivity contribution in [1.82, 2.24) is 20.1 Å². The molecule has 2 aromatic rings. The van der Waals surface area contributed by atoms with E-state index < -0.39 is 6.10 Å². The van der Waals surface area contributed by atoms with E-state index in [0.717, 1.165) is 5.56 Å². The van der Waals surface area contributed by atoms with E-state index in [4.69, 9.17) is 0 Å². The lowest BCUT2D eigenvalue weighted by Crippen LogP contribution is -2.31. The summed E-state index contributed by atoms with van der Waals surface area (Å²) in [4.78, 5) is 11.9. The molecule has 2 N–H and O–H groups in total. The largest absolute Gasteiger partial charge is 0.392 e. The van der Waals surface area contributed by atoms with Crippen molar-refractivity contribution in [2.75, 3.05) is 0 Å². The number of aliphatic hydroxyl groups excluding tert-OH is 1. The third-order valence-electron chi connectivity index (χ3n) is 3.25. The van der Waals surface area contributed by atoms with Crippen molar-refractivity contribution in [3.63, 3.8) is 0 Å². The SMILES string of the molecule is C[C@@H](NC(=O)C[C@H](O)Cc1ccccc1)c1nncn1C. The van der Waals surface area contributed by atoms with Crippen LogP contribution in [0.2, 0.25) is 0 Å². The van der Waals surface area contributed by atoms with Crippen LogP contribution < -0.4 is 5.32 Å². The molecule has 6 nitrogen and oxygen atoms in total. The van der Waals surface area contributed by atoms with Crippen LogP contribution in [-0.2, 0) is 18.3 Å². The molecule has 0 aliphatic carbocycles. The first-order chi connectivity index (χ1) is 10.1. The molecule has 0 saturated heterocycles. The maximum Gasteiger partial charge on any atom is 0.223 e. The van der Waals surface area contributed by atoms with Gasteiger partial charge in [-0.2, -0.15) is 0 Å². The van der Waals surface area contributed by atoms with E-state index in [0.29, 0.717) is 12.2 Å². The number of carbonyl (C=O) groups excluding carboxylic acids is 1. The number of hydrogen-bond acceptors (Lipinski definition) is 4. The number of rotatable bonds is 6. The zero-order valence-corrected chi connectivity index (χ0v) is 12.2. The van der Waals surface area contributed by atoms with Crippen molar-refractivity contribution >= 4 is 5.91 Å². The van der Waals surface area contributed by atoms with Gasteiger partial charge in [0.15, 0.2) is 5.82 Å². The quantitative estimate of drug-likeness (QED) is 0.830. The predicted molar refractivity (Wildman–Crippen MR) is 78.3 cm³/mol. The second-order valence-electron chi connectivity index (χ2n) is 5.14. The Balaban J connectivity index is 1.83. The predicted octanol–water partition coefficient (Wildman–Crippen LogP) is 0.986. The molecular formula is C15H20N4O2. The standard InChI is InChI=1S/C15H20N4O2/c1-11(15-18-16-10-19(15)2)17-14(21)9-13(20)8-12-6-4-3-5-7-12/h3-7,10-11,13,20H,8-9H2,1-2H3,(H,17,21)/t11-,13-/m1/s1. The smallest absolute Gasteiger partial charge is 0.223 e. The maximum absolute atomic E-state index is 11.9. The summed E-state index contributed by atoms with van der Waals surface area (Å²) in [5.74, 6) is 0.481. The van der Waals surface area contributed by atoms with Crippen molar-refractivity contribution in [2.24, 2.45) is 7.05 Å². The highest BCUT2D eigenvalue weighted by Crippen LogP contribution is 2.09. The van der Waals surface area contributed by atoms with Crippen molar-refractivity contribution in [3.05, 3.63) is 48.0 Å². The lowest BCUT2D eigenvalue weighted by atomic mass is 10.1. The normalized spacial score (nSPS) is 13.7. The lowest BCUT2D eigenvalue weighted by molar-refractivity contribution is -0.123. The zero-order chi connectivity index (χ0) is 15.2. The summed E-state index contributed by atoms with van der Waals surface area (Å²) >= 11 is 0. The van der Waals surface area contributed by atoms with Gasteiger partial charge in [0.25, 0.3) is 0 Å². The van der Waals surface area contributed by atoms with Gasteiger partial charge in [0, 0.05) is 7.05 Å². The van der Waals surface area contributed by atoms with Gasteiger partial charge in [0.1, 0.15) is 6.33 Å². The van der Waals surface area contributed by atoms with Crippen molar-refractivity contribution in [3.8, 4) is 0 Å². The van der Waals surface area contributed by atoms with Gasteiger partial charge in [-0.15, -0.1) is 10.2 Å². The number of aromatic nitrogens is 3. The molecule has 1 amide bonds. The number of carbonyl (C=O) groups is 1. The van der Waals surface area contributed by atoms with Crippen LogP contribution in [0.3, 0.4) is 0 Å². The lowest BCUT2D eigenvalue weighted by Gasteiger charge is -2.15. The van der Waals surface area contributed by atoms with Gasteiger partial charge in [-0.05, 0) is 18.9 Å². The minimum Gasteiger partial charge on any atom is -0.392 e. The van der Waals surface area contributed by atoms with Gasteiger partial charge in [-0.1, -0.05) is 30.3 Å². The molecule has 21 heavy (non-hydrogen) atoms. The van der Waals surface area contributed by atoms with Crippen molar-refractivity contribution < 1.29 is 9.90 Å². The summed E-state index contributed by atoms with van der Waals surface area (Å²) in [5, 5.41) is 20.5. The Kier molecular flexibility index (Phi) is 5.05. The molecule has 0 fully saturated rings. The van der Waals surface area contributed by atoms with Crippen LogP contribution in [0.4, 0.5) is 0 Å². The fourth-order valence-corrected chi connectivity index (χ4v) is 2.22. The molecule has 0 aliphatic heterocycles. The summed E-state index contributed by atoms with van der Waals surface area (Å²) < 4.78 is 1.76. The number of amides is 1. The second kappa shape index (κ2) is 6.99. The summed E-state index contributed by atoms with van der Waals surface area (Å²) in [5.41, 5.74) is 1.01. The van der Waals surface area contributed by atoms with Crippen LogP contribution in [0.25, 0.3) is 0 Å². The highest BCUT2D eigenvalue weighted by Gasteiger charge is 2.17. The third kappa shape index (κ3) is 4.39. The molecule has 1 heterocycles. The average molecular weight is 288 g/mol.